The van der Waals surface area contributed by atoms with Crippen LogP contribution in [0.2, 0.25) is 0 Å². The maximum atomic E-state index is 4.32. The van der Waals surface area contributed by atoms with E-state index in [-0.39, 0.29) is 0 Å². The number of fused-ring (bicyclic) bond motifs is 1. The smallest absolute Gasteiger partial charge is 0.181 e. The molecule has 5 nitrogen and oxygen atoms in total. The fourth-order valence-corrected chi connectivity index (χ4v) is 3.08. The van der Waals surface area contributed by atoms with E-state index in [1.54, 1.807) is 24.4 Å². The molecule has 2 rings (SSSR count). The molecule has 2 aromatic heterocycles. The van der Waals surface area contributed by atoms with Crippen molar-refractivity contribution in [3.8, 4) is 0 Å². The van der Waals surface area contributed by atoms with Crippen molar-refractivity contribution in [3.05, 3.63) is 12.7 Å². The van der Waals surface area contributed by atoms with E-state index in [1.807, 2.05) is 7.05 Å². The van der Waals surface area contributed by atoms with Crippen LogP contribution in [0.3, 0.4) is 0 Å². The van der Waals surface area contributed by atoms with Gasteiger partial charge in [-0.1, -0.05) is 25.6 Å². The second kappa shape index (κ2) is 5.46. The van der Waals surface area contributed by atoms with E-state index < -0.39 is 0 Å². The molecule has 0 amide bonds. The predicted molar refractivity (Wildman–Crippen MR) is 70.1 cm³/mol. The second-order valence-corrected chi connectivity index (χ2v) is 5.27. The molecule has 0 bridgehead atoms. The van der Waals surface area contributed by atoms with E-state index in [9.17, 15) is 0 Å². The Kier molecular flexibility index (Phi) is 3.96. The number of hydrogen-bond acceptors (Lipinski definition) is 5. The summed E-state index contributed by atoms with van der Waals surface area (Å²) in [5, 5.41) is 4.74. The van der Waals surface area contributed by atoms with E-state index in [2.05, 4.69) is 39.1 Å². The zero-order valence-corrected chi connectivity index (χ0v) is 11.1. The first kappa shape index (κ1) is 12.3. The Hall–Kier alpha value is -1.14. The van der Waals surface area contributed by atoms with Crippen molar-refractivity contribution in [2.24, 2.45) is 0 Å². The van der Waals surface area contributed by atoms with Crippen LogP contribution in [0.25, 0.3) is 11.2 Å². The Labute approximate surface area is 105 Å². The van der Waals surface area contributed by atoms with Gasteiger partial charge < -0.3 is 10.3 Å². The molecule has 0 aromatic carbocycles. The summed E-state index contributed by atoms with van der Waals surface area (Å²) >= 11 is 1.75. The van der Waals surface area contributed by atoms with Crippen LogP contribution >= 0.6 is 11.8 Å². The van der Waals surface area contributed by atoms with Gasteiger partial charge >= 0.3 is 0 Å². The zero-order chi connectivity index (χ0) is 12.3. The maximum Gasteiger partial charge on any atom is 0.181 e. The molecule has 2 aromatic rings. The SMILES string of the molecule is CCC(NC)C(C)Sc1ncnc2nc[nH]c12. The quantitative estimate of drug-likeness (QED) is 0.627. The van der Waals surface area contributed by atoms with Gasteiger partial charge in [-0.15, -0.1) is 0 Å². The lowest BCUT2D eigenvalue weighted by Crippen LogP contribution is -2.33. The molecule has 2 atom stereocenters. The highest BCUT2D eigenvalue weighted by molar-refractivity contribution is 8.00. The highest BCUT2D eigenvalue weighted by Crippen LogP contribution is 2.28. The monoisotopic (exact) mass is 251 g/mol. The Morgan fingerprint density at radius 1 is 1.41 bits per heavy atom. The Morgan fingerprint density at radius 2 is 2.24 bits per heavy atom. The molecular weight excluding hydrogens is 234 g/mol. The first-order valence-corrected chi connectivity index (χ1v) is 6.62. The van der Waals surface area contributed by atoms with Gasteiger partial charge in [-0.05, 0) is 13.5 Å². The van der Waals surface area contributed by atoms with Crippen LogP contribution in [0.15, 0.2) is 17.7 Å². The lowest BCUT2D eigenvalue weighted by atomic mass is 10.2. The molecule has 0 radical (unpaired) electrons. The summed E-state index contributed by atoms with van der Waals surface area (Å²) < 4.78 is 0. The minimum Gasteiger partial charge on any atom is -0.341 e. The summed E-state index contributed by atoms with van der Waals surface area (Å²) in [5.41, 5.74) is 1.66. The molecule has 2 heterocycles. The lowest BCUT2D eigenvalue weighted by molar-refractivity contribution is 0.541. The number of nitrogens with zero attached hydrogens (tertiary/aromatic N) is 3. The number of hydrogen-bond donors (Lipinski definition) is 2. The molecule has 0 saturated carbocycles. The predicted octanol–water partition coefficient (Wildman–Crippen LogP) is 1.83. The third-order valence-corrected chi connectivity index (χ3v) is 4.10. The third kappa shape index (κ3) is 2.58. The molecular formula is C11H17N5S. The van der Waals surface area contributed by atoms with Gasteiger partial charge in [0.1, 0.15) is 16.9 Å². The van der Waals surface area contributed by atoms with Crippen LogP contribution in [0.1, 0.15) is 20.3 Å². The number of rotatable bonds is 5. The van der Waals surface area contributed by atoms with Crippen LogP contribution in [-0.2, 0) is 0 Å². The fourth-order valence-electron chi connectivity index (χ4n) is 1.86. The molecule has 92 valence electrons. The van der Waals surface area contributed by atoms with Crippen molar-refractivity contribution in [1.82, 2.24) is 25.3 Å². The number of aromatic nitrogens is 4. The van der Waals surface area contributed by atoms with Crippen LogP contribution in [0.4, 0.5) is 0 Å². The van der Waals surface area contributed by atoms with Gasteiger partial charge in [0.25, 0.3) is 0 Å². The summed E-state index contributed by atoms with van der Waals surface area (Å²) in [6, 6.07) is 0.480. The van der Waals surface area contributed by atoms with Crippen molar-refractivity contribution in [3.63, 3.8) is 0 Å². The second-order valence-electron chi connectivity index (χ2n) is 3.91. The standard InChI is InChI=1S/C11H17N5S/c1-4-8(12-3)7(2)17-11-9-10(14-5-13-9)15-6-16-11/h5-8,12H,4H2,1-3H3,(H,13,14,15,16). The number of nitrogens with one attached hydrogen (secondary N) is 2. The number of aromatic amines is 1. The summed E-state index contributed by atoms with van der Waals surface area (Å²) in [5.74, 6) is 0. The number of thioether (sulfide) groups is 1. The van der Waals surface area contributed by atoms with E-state index >= 15 is 0 Å². The van der Waals surface area contributed by atoms with Gasteiger partial charge in [-0.3, -0.25) is 0 Å². The maximum absolute atomic E-state index is 4.32. The molecule has 2 N–H and O–H groups in total. The molecule has 17 heavy (non-hydrogen) atoms. The Balaban J connectivity index is 2.20. The van der Waals surface area contributed by atoms with E-state index in [1.165, 1.54) is 0 Å². The number of H-pyrrole nitrogens is 1. The molecule has 0 saturated heterocycles. The van der Waals surface area contributed by atoms with Crippen LogP contribution < -0.4 is 5.32 Å². The van der Waals surface area contributed by atoms with E-state index in [0.717, 1.165) is 22.6 Å². The molecule has 6 heteroatoms. The van der Waals surface area contributed by atoms with Gasteiger partial charge in [0.2, 0.25) is 0 Å². The Morgan fingerprint density at radius 3 is 2.94 bits per heavy atom. The van der Waals surface area contributed by atoms with Gasteiger partial charge in [-0.25, -0.2) is 15.0 Å². The molecule has 2 unspecified atom stereocenters. The molecule has 0 spiro atoms. The van der Waals surface area contributed by atoms with Crippen molar-refractivity contribution >= 4 is 22.9 Å². The minimum atomic E-state index is 0.450. The van der Waals surface area contributed by atoms with E-state index in [0.29, 0.717) is 11.3 Å². The van der Waals surface area contributed by atoms with Crippen LogP contribution in [0, 0.1) is 0 Å². The molecule has 0 aliphatic heterocycles. The largest absolute Gasteiger partial charge is 0.341 e. The highest BCUT2D eigenvalue weighted by atomic mass is 32.2. The van der Waals surface area contributed by atoms with Crippen LogP contribution in [0.5, 0.6) is 0 Å². The minimum absolute atomic E-state index is 0.450. The topological polar surface area (TPSA) is 66.5 Å². The Bertz CT molecular complexity index is 479. The summed E-state index contributed by atoms with van der Waals surface area (Å²) in [7, 11) is 2.00. The molecule has 0 fully saturated rings. The van der Waals surface area contributed by atoms with Gasteiger partial charge in [-0.2, -0.15) is 0 Å². The first-order valence-electron chi connectivity index (χ1n) is 5.74. The summed E-state index contributed by atoms with van der Waals surface area (Å²) in [6.45, 7) is 4.39. The van der Waals surface area contributed by atoms with E-state index in [4.69, 9.17) is 0 Å². The lowest BCUT2D eigenvalue weighted by Gasteiger charge is -2.21. The van der Waals surface area contributed by atoms with Crippen molar-refractivity contribution in [1.29, 1.82) is 0 Å². The highest BCUT2D eigenvalue weighted by Gasteiger charge is 2.17. The van der Waals surface area contributed by atoms with Gasteiger partial charge in [0.15, 0.2) is 5.65 Å². The van der Waals surface area contributed by atoms with Crippen molar-refractivity contribution in [2.45, 2.75) is 36.6 Å². The van der Waals surface area contributed by atoms with Gasteiger partial charge in [0, 0.05) is 11.3 Å². The summed E-state index contributed by atoms with van der Waals surface area (Å²) in [4.78, 5) is 15.7. The normalized spacial score (nSPS) is 15.0. The third-order valence-electron chi connectivity index (χ3n) is 2.86. The number of imidazole rings is 1. The zero-order valence-electron chi connectivity index (χ0n) is 10.3. The van der Waals surface area contributed by atoms with Crippen molar-refractivity contribution < 1.29 is 0 Å². The van der Waals surface area contributed by atoms with Crippen LogP contribution in [-0.4, -0.2) is 38.3 Å². The summed E-state index contributed by atoms with van der Waals surface area (Å²) in [6.07, 6.45) is 4.32. The van der Waals surface area contributed by atoms with Gasteiger partial charge in [0.05, 0.1) is 6.33 Å². The fraction of sp³-hybridized carbons (Fsp3) is 0.545. The molecule has 0 aliphatic rings. The molecule has 0 aliphatic carbocycles. The van der Waals surface area contributed by atoms with Crippen molar-refractivity contribution in [2.75, 3.05) is 7.05 Å². The average Bonchev–Trinajstić information content (AvgIpc) is 2.80. The first-order chi connectivity index (χ1) is 8.26. The average molecular weight is 251 g/mol.